The summed E-state index contributed by atoms with van der Waals surface area (Å²) in [6.07, 6.45) is 0.166. The van der Waals surface area contributed by atoms with E-state index in [1.54, 1.807) is 0 Å². The quantitative estimate of drug-likeness (QED) is 0.710. The van der Waals surface area contributed by atoms with Gasteiger partial charge in [0.1, 0.15) is 0 Å². The number of carbonyl (C=O) groups is 2. The maximum Gasteiger partial charge on any atom is 0.305 e. The Kier molecular flexibility index (Phi) is 4.31. The van der Waals surface area contributed by atoms with E-state index >= 15 is 0 Å². The molecule has 1 N–H and O–H groups in total. The normalized spacial score (nSPS) is 16.0. The van der Waals surface area contributed by atoms with Crippen molar-refractivity contribution >= 4 is 40.4 Å². The molecule has 0 aromatic carbocycles. The van der Waals surface area contributed by atoms with Crippen molar-refractivity contribution in [1.29, 1.82) is 0 Å². The van der Waals surface area contributed by atoms with E-state index in [-0.39, 0.29) is 11.7 Å². The average Bonchev–Trinajstić information content (AvgIpc) is 2.45. The van der Waals surface area contributed by atoms with Crippen molar-refractivity contribution in [3.63, 3.8) is 0 Å². The van der Waals surface area contributed by atoms with Crippen molar-refractivity contribution in [3.8, 4) is 0 Å². The molecule has 0 saturated heterocycles. The molecule has 72 valence electrons. The van der Waals surface area contributed by atoms with E-state index in [4.69, 9.17) is 5.11 Å². The standard InChI is InChI=1S/C7H9NO3S2/c9-6(10)1-2-12-3-5-4-13-7(11)8-5/h1-4H2,(H,9,10). The van der Waals surface area contributed by atoms with Crippen LogP contribution in [0.2, 0.25) is 0 Å². The van der Waals surface area contributed by atoms with Crippen molar-refractivity contribution in [3.05, 3.63) is 0 Å². The molecule has 1 aliphatic rings. The number of amides is 1. The van der Waals surface area contributed by atoms with Gasteiger partial charge in [0.2, 0.25) is 0 Å². The maximum absolute atomic E-state index is 10.7. The Labute approximate surface area is 84.2 Å². The maximum atomic E-state index is 10.7. The first kappa shape index (κ1) is 10.6. The Balaban J connectivity index is 2.10. The van der Waals surface area contributed by atoms with E-state index < -0.39 is 5.97 Å². The van der Waals surface area contributed by atoms with Crippen LogP contribution in [-0.4, -0.2) is 39.3 Å². The van der Waals surface area contributed by atoms with Gasteiger partial charge in [-0.1, -0.05) is 11.8 Å². The van der Waals surface area contributed by atoms with Gasteiger partial charge >= 0.3 is 11.2 Å². The zero-order chi connectivity index (χ0) is 9.68. The molecular formula is C7H9NO3S2. The number of hydrogen-bond acceptors (Lipinski definition) is 4. The number of carbonyl (C=O) groups excluding carboxylic acids is 1. The average molecular weight is 219 g/mol. The fraction of sp³-hybridized carbons (Fsp3) is 0.571. The van der Waals surface area contributed by atoms with Gasteiger partial charge in [-0.3, -0.25) is 9.59 Å². The predicted octanol–water partition coefficient (Wildman–Crippen LogP) is 1.50. The van der Waals surface area contributed by atoms with Crippen LogP contribution in [0.1, 0.15) is 6.42 Å². The molecule has 0 aliphatic carbocycles. The van der Waals surface area contributed by atoms with Crippen LogP contribution < -0.4 is 0 Å². The molecule has 1 heterocycles. The lowest BCUT2D eigenvalue weighted by Crippen LogP contribution is -2.03. The third kappa shape index (κ3) is 4.33. The summed E-state index contributed by atoms with van der Waals surface area (Å²) >= 11 is 2.70. The summed E-state index contributed by atoms with van der Waals surface area (Å²) in [5.41, 5.74) is 0.866. The molecule has 0 saturated carbocycles. The number of carboxylic acid groups (broad SMARTS) is 1. The summed E-state index contributed by atoms with van der Waals surface area (Å²) < 4.78 is 0. The number of thioether (sulfide) groups is 2. The molecule has 13 heavy (non-hydrogen) atoms. The molecule has 0 fully saturated rings. The molecule has 0 unspecified atom stereocenters. The van der Waals surface area contributed by atoms with Gasteiger partial charge in [-0.25, -0.2) is 4.99 Å². The SMILES string of the molecule is O=C(O)CCSCC1=NC(=O)SC1. The van der Waals surface area contributed by atoms with Crippen LogP contribution in [0.4, 0.5) is 4.79 Å². The van der Waals surface area contributed by atoms with Gasteiger partial charge < -0.3 is 5.11 Å². The zero-order valence-corrected chi connectivity index (χ0v) is 8.49. The highest BCUT2D eigenvalue weighted by Gasteiger charge is 2.14. The van der Waals surface area contributed by atoms with E-state index in [0.717, 1.165) is 5.71 Å². The van der Waals surface area contributed by atoms with Crippen LogP contribution in [0, 0.1) is 0 Å². The van der Waals surface area contributed by atoms with Gasteiger partial charge in [-0.15, -0.1) is 0 Å². The first-order chi connectivity index (χ1) is 6.18. The lowest BCUT2D eigenvalue weighted by atomic mass is 10.5. The number of hydrogen-bond donors (Lipinski definition) is 1. The summed E-state index contributed by atoms with van der Waals surface area (Å²) in [4.78, 5) is 24.6. The summed E-state index contributed by atoms with van der Waals surface area (Å²) in [6, 6.07) is 0. The smallest absolute Gasteiger partial charge is 0.305 e. The van der Waals surface area contributed by atoms with E-state index in [0.29, 0.717) is 17.3 Å². The fourth-order valence-corrected chi connectivity index (χ4v) is 2.41. The Morgan fingerprint density at radius 1 is 1.69 bits per heavy atom. The van der Waals surface area contributed by atoms with Gasteiger partial charge in [0.25, 0.3) is 0 Å². The number of rotatable bonds is 5. The molecule has 4 nitrogen and oxygen atoms in total. The summed E-state index contributed by atoms with van der Waals surface area (Å²) in [6.45, 7) is 0. The second-order valence-corrected chi connectivity index (χ2v) is 4.46. The molecule has 1 amide bonds. The van der Waals surface area contributed by atoms with Gasteiger partial charge in [0.15, 0.2) is 0 Å². The number of aliphatic carboxylic acids is 1. The summed E-state index contributed by atoms with van der Waals surface area (Å²) in [5.74, 6) is 1.13. The molecule has 1 rings (SSSR count). The third-order valence-corrected chi connectivity index (χ3v) is 3.19. The van der Waals surface area contributed by atoms with Crippen LogP contribution >= 0.6 is 23.5 Å². The van der Waals surface area contributed by atoms with Gasteiger partial charge in [0, 0.05) is 23.0 Å². The molecule has 0 bridgehead atoms. The van der Waals surface area contributed by atoms with Crippen LogP contribution in [-0.2, 0) is 4.79 Å². The van der Waals surface area contributed by atoms with Crippen LogP contribution in [0.3, 0.4) is 0 Å². The molecule has 0 radical (unpaired) electrons. The Morgan fingerprint density at radius 3 is 3.00 bits per heavy atom. The van der Waals surface area contributed by atoms with Crippen LogP contribution in [0.25, 0.3) is 0 Å². The predicted molar refractivity (Wildman–Crippen MR) is 54.9 cm³/mol. The monoisotopic (exact) mass is 219 g/mol. The lowest BCUT2D eigenvalue weighted by Gasteiger charge is -1.97. The molecule has 0 aromatic heterocycles. The molecule has 0 spiro atoms. The van der Waals surface area contributed by atoms with E-state index in [9.17, 15) is 9.59 Å². The zero-order valence-electron chi connectivity index (χ0n) is 6.86. The molecule has 0 atom stereocenters. The Bertz CT molecular complexity index is 252. The van der Waals surface area contributed by atoms with Crippen molar-refractivity contribution in [1.82, 2.24) is 0 Å². The van der Waals surface area contributed by atoms with E-state index in [1.807, 2.05) is 0 Å². The van der Waals surface area contributed by atoms with Crippen molar-refractivity contribution in [2.24, 2.45) is 4.99 Å². The van der Waals surface area contributed by atoms with Gasteiger partial charge in [0.05, 0.1) is 6.42 Å². The summed E-state index contributed by atoms with van der Waals surface area (Å²) in [7, 11) is 0. The highest BCUT2D eigenvalue weighted by Crippen LogP contribution is 2.16. The van der Waals surface area contributed by atoms with Crippen LogP contribution in [0.5, 0.6) is 0 Å². The molecular weight excluding hydrogens is 210 g/mol. The third-order valence-electron chi connectivity index (χ3n) is 1.34. The second-order valence-electron chi connectivity index (χ2n) is 2.43. The first-order valence-electron chi connectivity index (χ1n) is 3.71. The molecule has 1 aliphatic heterocycles. The minimum Gasteiger partial charge on any atom is -0.481 e. The number of nitrogens with zero attached hydrogens (tertiary/aromatic N) is 1. The van der Waals surface area contributed by atoms with Crippen molar-refractivity contribution in [2.45, 2.75) is 6.42 Å². The fourth-order valence-electron chi connectivity index (χ4n) is 0.762. The van der Waals surface area contributed by atoms with E-state index in [1.165, 1.54) is 23.5 Å². The van der Waals surface area contributed by atoms with Gasteiger partial charge in [-0.05, 0) is 0 Å². The molecule has 6 heteroatoms. The minimum absolute atomic E-state index is 0.131. The molecule has 0 aromatic rings. The number of carboxylic acids is 1. The minimum atomic E-state index is -0.786. The largest absolute Gasteiger partial charge is 0.481 e. The Hall–Kier alpha value is -0.490. The second kappa shape index (κ2) is 5.29. The van der Waals surface area contributed by atoms with Crippen molar-refractivity contribution < 1.29 is 14.7 Å². The van der Waals surface area contributed by atoms with Crippen molar-refractivity contribution in [2.75, 3.05) is 17.3 Å². The lowest BCUT2D eigenvalue weighted by molar-refractivity contribution is -0.136. The topological polar surface area (TPSA) is 66.7 Å². The Morgan fingerprint density at radius 2 is 2.46 bits per heavy atom. The highest BCUT2D eigenvalue weighted by atomic mass is 32.2. The number of aliphatic imine (C=N–C) groups is 1. The summed E-state index contributed by atoms with van der Waals surface area (Å²) in [5, 5.41) is 8.21. The van der Waals surface area contributed by atoms with Gasteiger partial charge in [-0.2, -0.15) is 11.8 Å². The first-order valence-corrected chi connectivity index (χ1v) is 5.85. The van der Waals surface area contributed by atoms with E-state index in [2.05, 4.69) is 4.99 Å². The highest BCUT2D eigenvalue weighted by molar-refractivity contribution is 8.14. The van der Waals surface area contributed by atoms with Crippen LogP contribution in [0.15, 0.2) is 4.99 Å².